The van der Waals surface area contributed by atoms with E-state index in [4.69, 9.17) is 15.7 Å². The zero-order valence-corrected chi connectivity index (χ0v) is 17.0. The Morgan fingerprint density at radius 3 is 2.68 bits per heavy atom. The van der Waals surface area contributed by atoms with Crippen molar-refractivity contribution in [3.05, 3.63) is 71.6 Å². The summed E-state index contributed by atoms with van der Waals surface area (Å²) in [5.74, 6) is 0.632. The van der Waals surface area contributed by atoms with Crippen LogP contribution in [-0.4, -0.2) is 23.0 Å². The first-order valence-corrected chi connectivity index (χ1v) is 10.2. The average Bonchev–Trinajstić information content (AvgIpc) is 3.30. The fraction of sp³-hybridized carbons (Fsp3) is 0.208. The maximum atomic E-state index is 11.9. The summed E-state index contributed by atoms with van der Waals surface area (Å²) >= 11 is 0. The van der Waals surface area contributed by atoms with Gasteiger partial charge in [-0.15, -0.1) is 0 Å². The van der Waals surface area contributed by atoms with Gasteiger partial charge in [0.15, 0.2) is 0 Å². The summed E-state index contributed by atoms with van der Waals surface area (Å²) in [6, 6.07) is 17.4. The number of unbranched alkanes of at least 4 members (excludes halogenated alkanes) is 2. The number of ether oxygens (including phenoxy) is 1. The van der Waals surface area contributed by atoms with Gasteiger partial charge in [-0.3, -0.25) is 10.1 Å². The van der Waals surface area contributed by atoms with Crippen molar-refractivity contribution >= 4 is 28.8 Å². The number of nitrogens with one attached hydrogen (secondary N) is 1. The molecule has 31 heavy (non-hydrogen) atoms. The SMILES string of the molecule is N#Cc1ccc(OCCCCCn2cc(/C=C3\N=C(N)NC3=O)c3ccccc32)cc1. The van der Waals surface area contributed by atoms with Crippen molar-refractivity contribution in [1.82, 2.24) is 9.88 Å². The number of nitriles is 1. The predicted octanol–water partition coefficient (Wildman–Crippen LogP) is 3.55. The highest BCUT2D eigenvalue weighted by atomic mass is 16.5. The van der Waals surface area contributed by atoms with Crippen LogP contribution in [0.1, 0.15) is 30.4 Å². The molecule has 0 saturated heterocycles. The van der Waals surface area contributed by atoms with Crippen LogP contribution in [0.25, 0.3) is 17.0 Å². The standard InChI is InChI=1S/C24H23N5O2/c25-15-17-8-10-19(11-9-17)31-13-5-1-4-12-29-16-18(20-6-2-3-7-22(20)29)14-21-23(30)28-24(26)27-21/h2-3,6-11,14,16H,1,4-5,12-13H2,(H3,26,27,28,30)/b21-14-. The van der Waals surface area contributed by atoms with Gasteiger partial charge >= 0.3 is 0 Å². The van der Waals surface area contributed by atoms with E-state index in [1.54, 1.807) is 18.2 Å². The molecule has 0 unspecified atom stereocenters. The summed E-state index contributed by atoms with van der Waals surface area (Å²) in [5, 5.41) is 12.4. The number of hydrogen-bond acceptors (Lipinski definition) is 5. The first-order chi connectivity index (χ1) is 15.1. The van der Waals surface area contributed by atoms with Crippen molar-refractivity contribution in [2.24, 2.45) is 10.7 Å². The van der Waals surface area contributed by atoms with Crippen molar-refractivity contribution < 1.29 is 9.53 Å². The second-order valence-electron chi connectivity index (χ2n) is 7.32. The van der Waals surface area contributed by atoms with Crippen LogP contribution >= 0.6 is 0 Å². The van der Waals surface area contributed by atoms with Crippen LogP contribution in [0.5, 0.6) is 5.75 Å². The van der Waals surface area contributed by atoms with Crippen LogP contribution in [0.3, 0.4) is 0 Å². The number of benzene rings is 2. The van der Waals surface area contributed by atoms with Gasteiger partial charge in [0.05, 0.1) is 18.2 Å². The zero-order chi connectivity index (χ0) is 21.6. The van der Waals surface area contributed by atoms with E-state index in [9.17, 15) is 4.79 Å². The summed E-state index contributed by atoms with van der Waals surface area (Å²) in [4.78, 5) is 16.0. The molecule has 0 saturated carbocycles. The molecule has 0 atom stereocenters. The normalized spacial score (nSPS) is 14.5. The molecule has 2 heterocycles. The Hall–Kier alpha value is -4.05. The zero-order valence-electron chi connectivity index (χ0n) is 17.0. The molecule has 0 radical (unpaired) electrons. The fourth-order valence-corrected chi connectivity index (χ4v) is 3.59. The highest BCUT2D eigenvalue weighted by molar-refractivity contribution is 6.13. The lowest BCUT2D eigenvalue weighted by Crippen LogP contribution is -2.30. The molecule has 156 valence electrons. The maximum Gasteiger partial charge on any atom is 0.276 e. The molecule has 1 aromatic heterocycles. The Bertz CT molecular complexity index is 1200. The summed E-state index contributed by atoms with van der Waals surface area (Å²) in [6.45, 7) is 1.52. The van der Waals surface area contributed by atoms with Crippen molar-refractivity contribution in [1.29, 1.82) is 5.26 Å². The number of carbonyl (C=O) groups is 1. The van der Waals surface area contributed by atoms with E-state index in [1.165, 1.54) is 0 Å². The molecule has 3 N–H and O–H groups in total. The highest BCUT2D eigenvalue weighted by Gasteiger charge is 2.18. The summed E-state index contributed by atoms with van der Waals surface area (Å²) < 4.78 is 7.95. The van der Waals surface area contributed by atoms with E-state index in [0.29, 0.717) is 17.9 Å². The van der Waals surface area contributed by atoms with Gasteiger partial charge in [0, 0.05) is 29.2 Å². The third kappa shape index (κ3) is 4.75. The van der Waals surface area contributed by atoms with Crippen molar-refractivity contribution in [3.63, 3.8) is 0 Å². The molecule has 7 nitrogen and oxygen atoms in total. The average molecular weight is 413 g/mol. The molecule has 0 aliphatic carbocycles. The van der Waals surface area contributed by atoms with Gasteiger partial charge in [-0.1, -0.05) is 18.2 Å². The van der Waals surface area contributed by atoms with E-state index < -0.39 is 0 Å². The second-order valence-corrected chi connectivity index (χ2v) is 7.32. The molecule has 1 aliphatic rings. The van der Waals surface area contributed by atoms with Gasteiger partial charge in [0.1, 0.15) is 11.4 Å². The summed E-state index contributed by atoms with van der Waals surface area (Å²) in [6.07, 6.45) is 6.82. The van der Waals surface area contributed by atoms with Crippen LogP contribution in [0, 0.1) is 11.3 Å². The van der Waals surface area contributed by atoms with Gasteiger partial charge in [-0.25, -0.2) is 4.99 Å². The smallest absolute Gasteiger partial charge is 0.276 e. The monoisotopic (exact) mass is 413 g/mol. The molecule has 7 heteroatoms. The maximum absolute atomic E-state index is 11.9. The van der Waals surface area contributed by atoms with Crippen molar-refractivity contribution in [2.75, 3.05) is 6.61 Å². The molecule has 0 bridgehead atoms. The Labute approximate surface area is 180 Å². The Morgan fingerprint density at radius 1 is 1.13 bits per heavy atom. The van der Waals surface area contributed by atoms with Gasteiger partial charge in [0.25, 0.3) is 5.91 Å². The number of fused-ring (bicyclic) bond motifs is 1. The number of rotatable bonds is 8. The molecule has 1 aliphatic heterocycles. The van der Waals surface area contributed by atoms with E-state index in [2.05, 4.69) is 33.2 Å². The molecule has 3 aromatic rings. The number of nitrogens with two attached hydrogens (primary N) is 1. The molecule has 0 fully saturated rings. The van der Waals surface area contributed by atoms with Crippen LogP contribution in [-0.2, 0) is 11.3 Å². The Kier molecular flexibility index (Phi) is 5.99. The summed E-state index contributed by atoms with van der Waals surface area (Å²) in [7, 11) is 0. The molecule has 1 amide bonds. The molecular formula is C24H23N5O2. The van der Waals surface area contributed by atoms with Crippen LogP contribution < -0.4 is 15.8 Å². The minimum Gasteiger partial charge on any atom is -0.494 e. The summed E-state index contributed by atoms with van der Waals surface area (Å²) in [5.41, 5.74) is 8.61. The van der Waals surface area contributed by atoms with E-state index in [-0.39, 0.29) is 11.9 Å². The predicted molar refractivity (Wildman–Crippen MR) is 120 cm³/mol. The molecule has 0 spiro atoms. The van der Waals surface area contributed by atoms with Gasteiger partial charge in [-0.2, -0.15) is 5.26 Å². The number of para-hydroxylation sites is 1. The first kappa shape index (κ1) is 20.2. The van der Waals surface area contributed by atoms with Gasteiger partial charge in [0.2, 0.25) is 5.96 Å². The van der Waals surface area contributed by atoms with E-state index in [1.807, 2.05) is 30.3 Å². The van der Waals surface area contributed by atoms with Crippen LogP contribution in [0.15, 0.2) is 65.4 Å². The number of aliphatic imine (C=N–C) groups is 1. The number of hydrogen-bond donors (Lipinski definition) is 2. The number of aromatic nitrogens is 1. The van der Waals surface area contributed by atoms with E-state index >= 15 is 0 Å². The number of aryl methyl sites for hydroxylation is 1. The number of amides is 1. The Morgan fingerprint density at radius 2 is 1.94 bits per heavy atom. The van der Waals surface area contributed by atoms with Crippen LogP contribution in [0.4, 0.5) is 0 Å². The quantitative estimate of drug-likeness (QED) is 0.435. The lowest BCUT2D eigenvalue weighted by atomic mass is 10.1. The molecule has 2 aromatic carbocycles. The van der Waals surface area contributed by atoms with Gasteiger partial charge < -0.3 is 15.0 Å². The van der Waals surface area contributed by atoms with E-state index in [0.717, 1.165) is 48.0 Å². The third-order valence-corrected chi connectivity index (χ3v) is 5.12. The first-order valence-electron chi connectivity index (χ1n) is 10.2. The van der Waals surface area contributed by atoms with Gasteiger partial charge in [-0.05, 0) is 55.7 Å². The lowest BCUT2D eigenvalue weighted by Gasteiger charge is -2.07. The minimum atomic E-state index is -0.281. The fourth-order valence-electron chi connectivity index (χ4n) is 3.59. The minimum absolute atomic E-state index is 0.128. The molecular weight excluding hydrogens is 390 g/mol. The van der Waals surface area contributed by atoms with Crippen LogP contribution in [0.2, 0.25) is 0 Å². The van der Waals surface area contributed by atoms with Crippen molar-refractivity contribution in [3.8, 4) is 11.8 Å². The van der Waals surface area contributed by atoms with Crippen molar-refractivity contribution in [2.45, 2.75) is 25.8 Å². The number of guanidine groups is 1. The lowest BCUT2D eigenvalue weighted by molar-refractivity contribution is -0.115. The topological polar surface area (TPSA) is 105 Å². The Balaban J connectivity index is 1.34. The number of nitrogens with zero attached hydrogens (tertiary/aromatic N) is 3. The number of carbonyl (C=O) groups excluding carboxylic acids is 1. The second kappa shape index (κ2) is 9.18. The largest absolute Gasteiger partial charge is 0.494 e. The third-order valence-electron chi connectivity index (χ3n) is 5.12. The highest BCUT2D eigenvalue weighted by Crippen LogP contribution is 2.25. The molecule has 4 rings (SSSR count).